The Morgan fingerprint density at radius 2 is 1.90 bits per heavy atom. The van der Waals surface area contributed by atoms with Crippen LogP contribution in [0.15, 0.2) is 45.3 Å². The number of hydrogen-bond acceptors (Lipinski definition) is 4. The fraction of sp³-hybridized carbons (Fsp3) is 0.214. The molecule has 1 aliphatic carbocycles. The lowest BCUT2D eigenvalue weighted by atomic mass is 10.1. The van der Waals surface area contributed by atoms with Crippen LogP contribution in [-0.4, -0.2) is 10.8 Å². The summed E-state index contributed by atoms with van der Waals surface area (Å²) in [7, 11) is 0. The summed E-state index contributed by atoms with van der Waals surface area (Å²) in [6.45, 7) is 0. The lowest BCUT2D eigenvalue weighted by Gasteiger charge is -2.17. The van der Waals surface area contributed by atoms with Gasteiger partial charge in [-0.25, -0.2) is 0 Å². The third-order valence-electron chi connectivity index (χ3n) is 3.50. The number of nitrogens with zero attached hydrogens (tertiary/aromatic N) is 1. The van der Waals surface area contributed by atoms with E-state index in [2.05, 4.69) is 21.2 Å². The van der Waals surface area contributed by atoms with Gasteiger partial charge in [0.15, 0.2) is 5.76 Å². The average Bonchev–Trinajstić information content (AvgIpc) is 3.04. The van der Waals surface area contributed by atoms with Gasteiger partial charge < -0.3 is 9.73 Å². The van der Waals surface area contributed by atoms with Crippen molar-refractivity contribution in [1.29, 1.82) is 0 Å². The van der Waals surface area contributed by atoms with Crippen LogP contribution in [0.5, 0.6) is 0 Å². The van der Waals surface area contributed by atoms with Crippen LogP contribution in [0.3, 0.4) is 0 Å². The van der Waals surface area contributed by atoms with Crippen molar-refractivity contribution < 1.29 is 14.1 Å². The molecule has 2 aromatic rings. The Labute approximate surface area is 128 Å². The normalized spacial score (nSPS) is 15.5. The molecule has 0 aliphatic heterocycles. The van der Waals surface area contributed by atoms with Gasteiger partial charge in [-0.3, -0.25) is 14.9 Å². The molecule has 0 spiro atoms. The molecule has 1 saturated carbocycles. The maximum Gasteiger partial charge on any atom is 0.433 e. The molecule has 3 rings (SSSR count). The van der Waals surface area contributed by atoms with E-state index < -0.39 is 16.7 Å². The van der Waals surface area contributed by atoms with E-state index in [4.69, 9.17) is 4.42 Å². The van der Waals surface area contributed by atoms with Crippen molar-refractivity contribution in [3.05, 3.63) is 62.3 Å². The summed E-state index contributed by atoms with van der Waals surface area (Å²) in [5, 5.41) is 13.5. The molecule has 0 saturated heterocycles. The van der Waals surface area contributed by atoms with Crippen LogP contribution >= 0.6 is 15.9 Å². The van der Waals surface area contributed by atoms with Crippen LogP contribution in [-0.2, 0) is 5.54 Å². The molecule has 1 aromatic heterocycles. The Morgan fingerprint density at radius 1 is 1.24 bits per heavy atom. The van der Waals surface area contributed by atoms with E-state index in [1.165, 1.54) is 12.1 Å². The maximum absolute atomic E-state index is 12.1. The zero-order chi connectivity index (χ0) is 15.0. The van der Waals surface area contributed by atoms with Gasteiger partial charge >= 0.3 is 5.88 Å². The molecule has 1 heterocycles. The van der Waals surface area contributed by atoms with Crippen molar-refractivity contribution in [2.45, 2.75) is 18.4 Å². The first kappa shape index (κ1) is 13.8. The number of amides is 1. The minimum absolute atomic E-state index is 0.0508. The van der Waals surface area contributed by atoms with Crippen LogP contribution in [0, 0.1) is 10.1 Å². The Morgan fingerprint density at radius 3 is 2.43 bits per heavy atom. The van der Waals surface area contributed by atoms with Crippen molar-refractivity contribution in [3.8, 4) is 0 Å². The first-order chi connectivity index (χ1) is 10.00. The molecule has 108 valence electrons. The summed E-state index contributed by atoms with van der Waals surface area (Å²) in [4.78, 5) is 22.0. The fourth-order valence-corrected chi connectivity index (χ4v) is 2.47. The summed E-state index contributed by atoms with van der Waals surface area (Å²) in [5.74, 6) is -0.928. The minimum atomic E-state index is -0.668. The Balaban J connectivity index is 1.77. The average molecular weight is 351 g/mol. The van der Waals surface area contributed by atoms with Gasteiger partial charge in [0.25, 0.3) is 5.91 Å². The molecule has 0 atom stereocenters. The number of halogens is 1. The van der Waals surface area contributed by atoms with E-state index in [0.717, 1.165) is 22.9 Å². The summed E-state index contributed by atoms with van der Waals surface area (Å²) >= 11 is 3.37. The lowest BCUT2D eigenvalue weighted by molar-refractivity contribution is -0.402. The molecular weight excluding hydrogens is 340 g/mol. The summed E-state index contributed by atoms with van der Waals surface area (Å²) in [6, 6.07) is 10.2. The highest BCUT2D eigenvalue weighted by molar-refractivity contribution is 9.10. The molecule has 21 heavy (non-hydrogen) atoms. The number of hydrogen-bond donors (Lipinski definition) is 1. The standard InChI is InChI=1S/C14H11BrN2O4/c15-10-3-1-9(2-4-10)14(7-8-14)16-13(18)11-5-6-12(21-11)17(19)20/h1-6H,7-8H2,(H,16,18). The van der Waals surface area contributed by atoms with E-state index in [1.807, 2.05) is 24.3 Å². The number of furan rings is 1. The fourth-order valence-electron chi connectivity index (χ4n) is 2.21. The first-order valence-corrected chi connectivity index (χ1v) is 7.12. The third-order valence-corrected chi connectivity index (χ3v) is 4.02. The SMILES string of the molecule is O=C(NC1(c2ccc(Br)cc2)CC1)c1ccc([N+](=O)[O-])o1. The number of rotatable bonds is 4. The highest BCUT2D eigenvalue weighted by atomic mass is 79.9. The van der Waals surface area contributed by atoms with Gasteiger partial charge in [-0.15, -0.1) is 0 Å². The Bertz CT molecular complexity index is 704. The van der Waals surface area contributed by atoms with Crippen LogP contribution in [0.25, 0.3) is 0 Å². The van der Waals surface area contributed by atoms with Crippen molar-refractivity contribution in [2.75, 3.05) is 0 Å². The predicted molar refractivity (Wildman–Crippen MR) is 77.9 cm³/mol. The number of nitro groups is 1. The summed E-state index contributed by atoms with van der Waals surface area (Å²) in [6.07, 6.45) is 1.67. The molecule has 1 aliphatic rings. The van der Waals surface area contributed by atoms with Crippen molar-refractivity contribution in [3.63, 3.8) is 0 Å². The molecule has 7 heteroatoms. The van der Waals surface area contributed by atoms with Gasteiger partial charge in [-0.05, 0) is 36.6 Å². The van der Waals surface area contributed by atoms with Crippen LogP contribution in [0.2, 0.25) is 0 Å². The second kappa shape index (κ2) is 5.00. The second-order valence-electron chi connectivity index (χ2n) is 4.94. The van der Waals surface area contributed by atoms with E-state index in [1.54, 1.807) is 0 Å². The largest absolute Gasteiger partial charge is 0.433 e. The molecule has 1 aromatic carbocycles. The molecule has 1 amide bonds. The molecule has 0 bridgehead atoms. The number of benzene rings is 1. The third kappa shape index (κ3) is 2.69. The van der Waals surface area contributed by atoms with Gasteiger partial charge in [0, 0.05) is 4.47 Å². The summed E-state index contributed by atoms with van der Waals surface area (Å²) in [5.41, 5.74) is 0.624. The number of carbonyl (C=O) groups excluding carboxylic acids is 1. The Kier molecular flexibility index (Phi) is 3.29. The second-order valence-corrected chi connectivity index (χ2v) is 5.85. The molecule has 6 nitrogen and oxygen atoms in total. The molecule has 1 fully saturated rings. The van der Waals surface area contributed by atoms with Crippen LogP contribution in [0.4, 0.5) is 5.88 Å². The first-order valence-electron chi connectivity index (χ1n) is 6.33. The maximum atomic E-state index is 12.1. The van der Waals surface area contributed by atoms with E-state index in [9.17, 15) is 14.9 Å². The molecule has 0 radical (unpaired) electrons. The van der Waals surface area contributed by atoms with Crippen molar-refractivity contribution in [1.82, 2.24) is 5.32 Å². The smallest absolute Gasteiger partial charge is 0.395 e. The zero-order valence-electron chi connectivity index (χ0n) is 10.8. The highest BCUT2D eigenvalue weighted by Crippen LogP contribution is 2.45. The van der Waals surface area contributed by atoms with E-state index >= 15 is 0 Å². The Hall–Kier alpha value is -2.15. The molecule has 1 N–H and O–H groups in total. The highest BCUT2D eigenvalue weighted by Gasteiger charge is 2.46. The van der Waals surface area contributed by atoms with E-state index in [0.29, 0.717) is 0 Å². The van der Waals surface area contributed by atoms with Gasteiger partial charge in [-0.2, -0.15) is 0 Å². The van der Waals surface area contributed by atoms with Crippen LogP contribution < -0.4 is 5.32 Å². The summed E-state index contributed by atoms with van der Waals surface area (Å²) < 4.78 is 5.88. The van der Waals surface area contributed by atoms with Gasteiger partial charge in [-0.1, -0.05) is 28.1 Å². The predicted octanol–water partition coefficient (Wildman–Crippen LogP) is 3.37. The van der Waals surface area contributed by atoms with Crippen molar-refractivity contribution >= 4 is 27.7 Å². The lowest BCUT2D eigenvalue weighted by Crippen LogP contribution is -2.34. The molecular formula is C14H11BrN2O4. The van der Waals surface area contributed by atoms with E-state index in [-0.39, 0.29) is 11.3 Å². The quantitative estimate of drug-likeness (QED) is 0.676. The monoisotopic (exact) mass is 350 g/mol. The van der Waals surface area contributed by atoms with Gasteiger partial charge in [0.2, 0.25) is 0 Å². The van der Waals surface area contributed by atoms with Crippen molar-refractivity contribution in [2.24, 2.45) is 0 Å². The molecule has 0 unspecified atom stereocenters. The van der Waals surface area contributed by atoms with Crippen LogP contribution in [0.1, 0.15) is 29.0 Å². The van der Waals surface area contributed by atoms with Gasteiger partial charge in [0.05, 0.1) is 11.6 Å². The topological polar surface area (TPSA) is 85.4 Å². The number of nitrogens with one attached hydrogen (secondary N) is 1. The number of carbonyl (C=O) groups is 1. The zero-order valence-corrected chi connectivity index (χ0v) is 12.4. The minimum Gasteiger partial charge on any atom is -0.395 e. The van der Waals surface area contributed by atoms with Gasteiger partial charge in [0.1, 0.15) is 4.92 Å².